The molecule has 2 aliphatic heterocycles. The fraction of sp³-hybridized carbons (Fsp3) is 0.379. The van der Waals surface area contributed by atoms with Crippen LogP contribution < -0.4 is 10.6 Å². The SMILES string of the molecule is O=C(CN1Cc2ccc(-c3nc(NC4CCOCC4)ncc3Cl)cc2C1=O)NC1c2ccccc2CC1CO. The van der Waals surface area contributed by atoms with E-state index in [4.69, 9.17) is 16.3 Å². The van der Waals surface area contributed by atoms with Gasteiger partial charge in [-0.3, -0.25) is 9.59 Å². The van der Waals surface area contributed by atoms with E-state index in [9.17, 15) is 14.7 Å². The molecule has 1 aliphatic carbocycles. The smallest absolute Gasteiger partial charge is 0.254 e. The van der Waals surface area contributed by atoms with Crippen molar-refractivity contribution in [1.29, 1.82) is 0 Å². The Balaban J connectivity index is 1.15. The number of nitrogens with one attached hydrogen (secondary N) is 2. The number of ether oxygens (including phenoxy) is 1. The summed E-state index contributed by atoms with van der Waals surface area (Å²) in [5, 5.41) is 16.7. The Hall–Kier alpha value is -3.53. The molecule has 1 fully saturated rings. The summed E-state index contributed by atoms with van der Waals surface area (Å²) >= 11 is 6.46. The number of benzene rings is 2. The van der Waals surface area contributed by atoms with Gasteiger partial charge >= 0.3 is 0 Å². The maximum absolute atomic E-state index is 13.3. The lowest BCUT2D eigenvalue weighted by molar-refractivity contribution is -0.123. The molecule has 202 valence electrons. The van der Waals surface area contributed by atoms with E-state index in [1.807, 2.05) is 36.4 Å². The van der Waals surface area contributed by atoms with Gasteiger partial charge < -0.3 is 25.4 Å². The Bertz CT molecular complexity index is 1410. The van der Waals surface area contributed by atoms with Crippen molar-refractivity contribution in [3.8, 4) is 11.3 Å². The van der Waals surface area contributed by atoms with E-state index in [1.54, 1.807) is 12.3 Å². The van der Waals surface area contributed by atoms with Crippen molar-refractivity contribution in [2.75, 3.05) is 31.7 Å². The quantitative estimate of drug-likeness (QED) is 0.415. The van der Waals surface area contributed by atoms with Crippen LogP contribution >= 0.6 is 11.6 Å². The summed E-state index contributed by atoms with van der Waals surface area (Å²) < 4.78 is 5.42. The van der Waals surface area contributed by atoms with Gasteiger partial charge in [0, 0.05) is 49.5 Å². The molecule has 2 atom stereocenters. The van der Waals surface area contributed by atoms with Crippen LogP contribution in [0, 0.1) is 5.92 Å². The maximum Gasteiger partial charge on any atom is 0.254 e. The van der Waals surface area contributed by atoms with E-state index in [-0.39, 0.29) is 43.0 Å². The van der Waals surface area contributed by atoms with Gasteiger partial charge in [0.25, 0.3) is 5.91 Å². The van der Waals surface area contributed by atoms with Crippen LogP contribution in [-0.2, 0) is 22.5 Å². The molecule has 0 bridgehead atoms. The lowest BCUT2D eigenvalue weighted by atomic mass is 10.0. The predicted octanol–water partition coefficient (Wildman–Crippen LogP) is 3.37. The lowest BCUT2D eigenvalue weighted by Gasteiger charge is -2.23. The molecule has 3 aliphatic rings. The second-order valence-corrected chi connectivity index (χ2v) is 10.8. The second kappa shape index (κ2) is 10.9. The normalized spacial score (nSPS) is 20.6. The molecule has 10 heteroatoms. The van der Waals surface area contributed by atoms with E-state index in [0.29, 0.717) is 54.0 Å². The van der Waals surface area contributed by atoms with Gasteiger partial charge in [0.2, 0.25) is 11.9 Å². The first-order valence-corrected chi connectivity index (χ1v) is 13.7. The molecule has 3 N–H and O–H groups in total. The number of halogens is 1. The van der Waals surface area contributed by atoms with Crippen LogP contribution in [0.4, 0.5) is 5.95 Å². The number of fused-ring (bicyclic) bond motifs is 2. The van der Waals surface area contributed by atoms with E-state index < -0.39 is 0 Å². The van der Waals surface area contributed by atoms with Crippen LogP contribution in [0.3, 0.4) is 0 Å². The minimum absolute atomic E-state index is 0.0194. The van der Waals surface area contributed by atoms with Gasteiger partial charge in [-0.2, -0.15) is 0 Å². The van der Waals surface area contributed by atoms with Crippen molar-refractivity contribution in [2.45, 2.75) is 37.9 Å². The molecule has 6 rings (SSSR count). The summed E-state index contributed by atoms with van der Waals surface area (Å²) in [6.07, 6.45) is 4.04. The number of rotatable bonds is 7. The summed E-state index contributed by atoms with van der Waals surface area (Å²) in [6, 6.07) is 13.4. The molecule has 0 saturated carbocycles. The number of aromatic nitrogens is 2. The number of carbonyl (C=O) groups is 2. The van der Waals surface area contributed by atoms with Crippen LogP contribution in [0.2, 0.25) is 5.02 Å². The van der Waals surface area contributed by atoms with Crippen molar-refractivity contribution < 1.29 is 19.4 Å². The first kappa shape index (κ1) is 25.7. The second-order valence-electron chi connectivity index (χ2n) is 10.3. The van der Waals surface area contributed by atoms with Crippen molar-refractivity contribution in [2.24, 2.45) is 5.92 Å². The minimum Gasteiger partial charge on any atom is -0.396 e. The Kier molecular flexibility index (Phi) is 7.20. The number of aliphatic hydroxyl groups excluding tert-OH is 1. The van der Waals surface area contributed by atoms with Gasteiger partial charge in [-0.25, -0.2) is 9.97 Å². The molecule has 1 saturated heterocycles. The molecule has 0 spiro atoms. The van der Waals surface area contributed by atoms with Gasteiger partial charge in [0.05, 0.1) is 23.0 Å². The highest BCUT2D eigenvalue weighted by Gasteiger charge is 2.35. The van der Waals surface area contributed by atoms with Crippen molar-refractivity contribution in [1.82, 2.24) is 20.2 Å². The fourth-order valence-corrected chi connectivity index (χ4v) is 5.94. The third-order valence-electron chi connectivity index (χ3n) is 7.79. The molecular weight excluding hydrogens is 518 g/mol. The van der Waals surface area contributed by atoms with Crippen LogP contribution in [0.25, 0.3) is 11.3 Å². The number of nitrogens with zero attached hydrogens (tertiary/aromatic N) is 3. The van der Waals surface area contributed by atoms with E-state index >= 15 is 0 Å². The van der Waals surface area contributed by atoms with Crippen molar-refractivity contribution in [3.63, 3.8) is 0 Å². The Labute approximate surface area is 231 Å². The summed E-state index contributed by atoms with van der Waals surface area (Å²) in [5.74, 6) is -0.0533. The highest BCUT2D eigenvalue weighted by atomic mass is 35.5. The number of amides is 2. The molecule has 2 unspecified atom stereocenters. The largest absolute Gasteiger partial charge is 0.396 e. The minimum atomic E-state index is -0.269. The van der Waals surface area contributed by atoms with Gasteiger partial charge in [-0.05, 0) is 42.0 Å². The highest BCUT2D eigenvalue weighted by molar-refractivity contribution is 6.33. The van der Waals surface area contributed by atoms with E-state index in [1.165, 1.54) is 4.90 Å². The Morgan fingerprint density at radius 1 is 1.15 bits per heavy atom. The molecule has 3 heterocycles. The zero-order chi connectivity index (χ0) is 26.9. The molecule has 1 aromatic heterocycles. The predicted molar refractivity (Wildman–Crippen MR) is 146 cm³/mol. The summed E-state index contributed by atoms with van der Waals surface area (Å²) in [5.41, 5.74) is 4.80. The maximum atomic E-state index is 13.3. The summed E-state index contributed by atoms with van der Waals surface area (Å²) in [4.78, 5) is 36.8. The van der Waals surface area contributed by atoms with Crippen LogP contribution in [0.15, 0.2) is 48.7 Å². The van der Waals surface area contributed by atoms with Crippen LogP contribution in [-0.4, -0.2) is 64.2 Å². The van der Waals surface area contributed by atoms with Gasteiger partial charge in [0.15, 0.2) is 0 Å². The average Bonchev–Trinajstić information content (AvgIpc) is 3.46. The third-order valence-corrected chi connectivity index (χ3v) is 8.07. The van der Waals surface area contributed by atoms with Crippen LogP contribution in [0.1, 0.15) is 45.9 Å². The third kappa shape index (κ3) is 5.22. The van der Waals surface area contributed by atoms with Crippen molar-refractivity contribution >= 4 is 29.4 Å². The van der Waals surface area contributed by atoms with Gasteiger partial charge in [-0.1, -0.05) is 48.0 Å². The zero-order valence-electron chi connectivity index (χ0n) is 21.4. The molecule has 2 aromatic carbocycles. The molecule has 3 aromatic rings. The standard InChI is InChI=1S/C29H30ClN5O4/c30-24-13-31-29(32-21-7-9-39-10-8-21)34-27(24)18-5-6-19-14-35(28(38)23(19)12-18)15-25(37)33-26-20(16-36)11-17-3-1-2-4-22(17)26/h1-6,12-13,20-21,26,36H,7-11,14-16H2,(H,33,37)(H,31,32,34). The number of hydrogen-bond donors (Lipinski definition) is 3. The Morgan fingerprint density at radius 3 is 2.79 bits per heavy atom. The Morgan fingerprint density at radius 2 is 1.97 bits per heavy atom. The molecule has 0 radical (unpaired) electrons. The van der Waals surface area contributed by atoms with Crippen molar-refractivity contribution in [3.05, 3.63) is 75.9 Å². The first-order valence-electron chi connectivity index (χ1n) is 13.3. The number of anilines is 1. The lowest BCUT2D eigenvalue weighted by Crippen LogP contribution is -2.40. The van der Waals surface area contributed by atoms with Crippen LogP contribution in [0.5, 0.6) is 0 Å². The van der Waals surface area contributed by atoms with Gasteiger partial charge in [0.1, 0.15) is 6.54 Å². The first-order chi connectivity index (χ1) is 19.0. The zero-order valence-corrected chi connectivity index (χ0v) is 22.2. The number of aliphatic hydroxyl groups is 1. The van der Waals surface area contributed by atoms with Gasteiger partial charge in [-0.15, -0.1) is 0 Å². The van der Waals surface area contributed by atoms with E-state index in [0.717, 1.165) is 29.5 Å². The van der Waals surface area contributed by atoms with E-state index in [2.05, 4.69) is 20.6 Å². The number of hydrogen-bond acceptors (Lipinski definition) is 7. The number of carbonyl (C=O) groups excluding carboxylic acids is 2. The molecule has 9 nitrogen and oxygen atoms in total. The topological polar surface area (TPSA) is 117 Å². The average molecular weight is 548 g/mol. The highest BCUT2D eigenvalue weighted by Crippen LogP contribution is 2.36. The molecular formula is C29H30ClN5O4. The monoisotopic (exact) mass is 547 g/mol. The molecule has 39 heavy (non-hydrogen) atoms. The molecule has 2 amide bonds. The fourth-order valence-electron chi connectivity index (χ4n) is 5.74. The summed E-state index contributed by atoms with van der Waals surface area (Å²) in [7, 11) is 0. The summed E-state index contributed by atoms with van der Waals surface area (Å²) in [6.45, 7) is 1.67.